The second-order valence-corrected chi connectivity index (χ2v) is 2.71. The Hall–Kier alpha value is -1.71. The minimum atomic E-state index is -0.167. The molecule has 0 aromatic heterocycles. The number of nitrogen functional groups attached to an aromatic ring is 2. The molecule has 4 nitrogen and oxygen atoms in total. The lowest BCUT2D eigenvalue weighted by Gasteiger charge is -2.05. The highest BCUT2D eigenvalue weighted by molar-refractivity contribution is 5.99. The predicted octanol–water partition coefficient (Wildman–Crippen LogP) is 0.601. The first-order valence-corrected chi connectivity index (χ1v) is 4.08. The maximum absolute atomic E-state index is 11.3. The van der Waals surface area contributed by atoms with Gasteiger partial charge in [-0.1, -0.05) is 0 Å². The highest BCUT2D eigenvalue weighted by Crippen LogP contribution is 2.15. The molecule has 0 heterocycles. The van der Waals surface area contributed by atoms with Crippen LogP contribution in [0, 0.1) is 0 Å². The molecule has 0 saturated carbocycles. The molecule has 70 valence electrons. The molecule has 0 saturated heterocycles. The van der Waals surface area contributed by atoms with Crippen LogP contribution in [0.2, 0.25) is 0 Å². The maximum Gasteiger partial charge on any atom is 0.253 e. The lowest BCUT2D eigenvalue weighted by Crippen LogP contribution is -2.23. The van der Waals surface area contributed by atoms with Crippen molar-refractivity contribution in [1.29, 1.82) is 0 Å². The Bertz CT molecular complexity index is 323. The molecule has 0 aliphatic rings. The third kappa shape index (κ3) is 2.11. The molecule has 0 atom stereocenters. The van der Waals surface area contributed by atoms with Crippen molar-refractivity contribution in [3.63, 3.8) is 0 Å². The van der Waals surface area contributed by atoms with Gasteiger partial charge in [-0.15, -0.1) is 0 Å². The zero-order valence-electron chi connectivity index (χ0n) is 7.50. The molecule has 0 unspecified atom stereocenters. The fourth-order valence-electron chi connectivity index (χ4n) is 1.04. The molecular weight excluding hydrogens is 166 g/mol. The summed E-state index contributed by atoms with van der Waals surface area (Å²) in [6, 6.07) is 4.85. The van der Waals surface area contributed by atoms with E-state index in [0.29, 0.717) is 23.5 Å². The van der Waals surface area contributed by atoms with E-state index in [2.05, 4.69) is 5.32 Å². The predicted molar refractivity (Wildman–Crippen MR) is 53.3 cm³/mol. The smallest absolute Gasteiger partial charge is 0.253 e. The summed E-state index contributed by atoms with van der Waals surface area (Å²) in [7, 11) is 0. The van der Waals surface area contributed by atoms with Gasteiger partial charge < -0.3 is 16.8 Å². The Balaban J connectivity index is 2.95. The van der Waals surface area contributed by atoms with E-state index in [1.54, 1.807) is 18.2 Å². The van der Waals surface area contributed by atoms with Crippen LogP contribution in [0.3, 0.4) is 0 Å². The van der Waals surface area contributed by atoms with Crippen molar-refractivity contribution in [1.82, 2.24) is 5.32 Å². The number of rotatable bonds is 2. The summed E-state index contributed by atoms with van der Waals surface area (Å²) >= 11 is 0. The van der Waals surface area contributed by atoms with Gasteiger partial charge in [0, 0.05) is 17.9 Å². The molecule has 1 amide bonds. The molecule has 1 aromatic rings. The van der Waals surface area contributed by atoms with Crippen molar-refractivity contribution >= 4 is 17.3 Å². The van der Waals surface area contributed by atoms with Gasteiger partial charge in [-0.3, -0.25) is 4.79 Å². The second kappa shape index (κ2) is 3.80. The van der Waals surface area contributed by atoms with Gasteiger partial charge in [0.1, 0.15) is 0 Å². The van der Waals surface area contributed by atoms with Crippen molar-refractivity contribution in [3.8, 4) is 0 Å². The Morgan fingerprint density at radius 1 is 1.46 bits per heavy atom. The topological polar surface area (TPSA) is 81.1 Å². The molecule has 0 fully saturated rings. The van der Waals surface area contributed by atoms with Gasteiger partial charge in [-0.25, -0.2) is 0 Å². The summed E-state index contributed by atoms with van der Waals surface area (Å²) in [5, 5.41) is 2.66. The van der Waals surface area contributed by atoms with Crippen LogP contribution < -0.4 is 16.8 Å². The fraction of sp³-hybridized carbons (Fsp3) is 0.222. The fourth-order valence-corrected chi connectivity index (χ4v) is 1.04. The number of nitrogens with one attached hydrogen (secondary N) is 1. The van der Waals surface area contributed by atoms with Crippen LogP contribution in [0.4, 0.5) is 11.4 Å². The van der Waals surface area contributed by atoms with Crippen LogP contribution >= 0.6 is 0 Å². The lowest BCUT2D eigenvalue weighted by molar-refractivity contribution is 0.0957. The molecular formula is C9H13N3O. The van der Waals surface area contributed by atoms with E-state index in [-0.39, 0.29) is 5.91 Å². The normalized spacial score (nSPS) is 9.62. The van der Waals surface area contributed by atoms with Crippen LogP contribution in [0.15, 0.2) is 18.2 Å². The van der Waals surface area contributed by atoms with Crippen molar-refractivity contribution in [3.05, 3.63) is 23.8 Å². The van der Waals surface area contributed by atoms with Gasteiger partial charge in [0.15, 0.2) is 0 Å². The van der Waals surface area contributed by atoms with E-state index < -0.39 is 0 Å². The van der Waals surface area contributed by atoms with Gasteiger partial charge >= 0.3 is 0 Å². The highest BCUT2D eigenvalue weighted by atomic mass is 16.1. The number of carbonyl (C=O) groups excluding carboxylic acids is 1. The van der Waals surface area contributed by atoms with Gasteiger partial charge in [0.25, 0.3) is 5.91 Å². The van der Waals surface area contributed by atoms with E-state index in [1.807, 2.05) is 6.92 Å². The molecule has 0 aliphatic carbocycles. The van der Waals surface area contributed by atoms with E-state index in [1.165, 1.54) is 0 Å². The lowest BCUT2D eigenvalue weighted by atomic mass is 10.1. The molecule has 1 rings (SSSR count). The van der Waals surface area contributed by atoms with Gasteiger partial charge in [0.05, 0.1) is 5.56 Å². The number of nitrogens with two attached hydrogens (primary N) is 2. The third-order valence-corrected chi connectivity index (χ3v) is 1.66. The second-order valence-electron chi connectivity index (χ2n) is 2.71. The molecule has 0 radical (unpaired) electrons. The molecule has 0 bridgehead atoms. The Kier molecular flexibility index (Phi) is 2.74. The molecule has 5 N–H and O–H groups in total. The number of anilines is 2. The Labute approximate surface area is 76.9 Å². The number of carbonyl (C=O) groups is 1. The molecule has 4 heteroatoms. The van der Waals surface area contributed by atoms with Crippen molar-refractivity contribution in [2.24, 2.45) is 0 Å². The van der Waals surface area contributed by atoms with Gasteiger partial charge in [-0.05, 0) is 25.1 Å². The molecule has 0 spiro atoms. The first kappa shape index (κ1) is 9.38. The minimum Gasteiger partial charge on any atom is -0.399 e. The van der Waals surface area contributed by atoms with Crippen molar-refractivity contribution < 1.29 is 4.79 Å². The average molecular weight is 179 g/mol. The van der Waals surface area contributed by atoms with Crippen LogP contribution in [0.1, 0.15) is 17.3 Å². The summed E-state index contributed by atoms with van der Waals surface area (Å²) in [6.07, 6.45) is 0. The van der Waals surface area contributed by atoms with Crippen molar-refractivity contribution in [2.45, 2.75) is 6.92 Å². The summed E-state index contributed by atoms with van der Waals surface area (Å²) in [4.78, 5) is 11.3. The standard InChI is InChI=1S/C9H13N3O/c1-2-12-9(13)7-4-3-6(10)5-8(7)11/h3-5H,2,10-11H2,1H3,(H,12,13). The number of hydrogen-bond acceptors (Lipinski definition) is 3. The van der Waals surface area contributed by atoms with Gasteiger partial charge in [-0.2, -0.15) is 0 Å². The maximum atomic E-state index is 11.3. The third-order valence-electron chi connectivity index (χ3n) is 1.66. The van der Waals surface area contributed by atoms with E-state index >= 15 is 0 Å². The van der Waals surface area contributed by atoms with Crippen molar-refractivity contribution in [2.75, 3.05) is 18.0 Å². The molecule has 13 heavy (non-hydrogen) atoms. The van der Waals surface area contributed by atoms with Crippen LogP contribution in [-0.2, 0) is 0 Å². The van der Waals surface area contributed by atoms with E-state index in [4.69, 9.17) is 11.5 Å². The summed E-state index contributed by atoms with van der Waals surface area (Å²) in [5.41, 5.74) is 12.5. The number of amides is 1. The highest BCUT2D eigenvalue weighted by Gasteiger charge is 2.07. The molecule has 1 aromatic carbocycles. The van der Waals surface area contributed by atoms with E-state index in [9.17, 15) is 4.79 Å². The number of hydrogen-bond donors (Lipinski definition) is 3. The van der Waals surface area contributed by atoms with Crippen LogP contribution in [0.5, 0.6) is 0 Å². The molecule has 0 aliphatic heterocycles. The number of benzene rings is 1. The first-order valence-electron chi connectivity index (χ1n) is 4.08. The van der Waals surface area contributed by atoms with Crippen LogP contribution in [0.25, 0.3) is 0 Å². The van der Waals surface area contributed by atoms with Gasteiger partial charge in [0.2, 0.25) is 0 Å². The Morgan fingerprint density at radius 2 is 2.15 bits per heavy atom. The summed E-state index contributed by atoms with van der Waals surface area (Å²) < 4.78 is 0. The SMILES string of the molecule is CCNC(=O)c1ccc(N)cc1N. The quantitative estimate of drug-likeness (QED) is 0.581. The largest absolute Gasteiger partial charge is 0.399 e. The summed E-state index contributed by atoms with van der Waals surface area (Å²) in [5.74, 6) is -0.167. The monoisotopic (exact) mass is 179 g/mol. The van der Waals surface area contributed by atoms with E-state index in [0.717, 1.165) is 0 Å². The Morgan fingerprint density at radius 3 is 2.69 bits per heavy atom. The minimum absolute atomic E-state index is 0.167. The first-order chi connectivity index (χ1) is 6.15. The zero-order chi connectivity index (χ0) is 9.84. The average Bonchev–Trinajstić information content (AvgIpc) is 2.04. The zero-order valence-corrected chi connectivity index (χ0v) is 7.50. The summed E-state index contributed by atoms with van der Waals surface area (Å²) in [6.45, 7) is 2.44. The van der Waals surface area contributed by atoms with Crippen LogP contribution in [-0.4, -0.2) is 12.5 Å².